The van der Waals surface area contributed by atoms with Crippen molar-refractivity contribution in [1.82, 2.24) is 15.0 Å². The van der Waals surface area contributed by atoms with Crippen LogP contribution in [0.4, 0.5) is 0 Å². The average Bonchev–Trinajstić information content (AvgIpc) is 3.35. The summed E-state index contributed by atoms with van der Waals surface area (Å²) in [6, 6.07) is 76.1. The average molecular weight is 786 g/mol. The lowest BCUT2D eigenvalue weighted by molar-refractivity contribution is 1.37. The van der Waals surface area contributed by atoms with Crippen molar-refractivity contribution in [2.75, 3.05) is 0 Å². The zero-order valence-electron chi connectivity index (χ0n) is 33.5. The monoisotopic (exact) mass is 785 g/mol. The van der Waals surface area contributed by atoms with E-state index in [4.69, 9.17) is 15.0 Å². The molecule has 0 aliphatic carbocycles. The summed E-state index contributed by atoms with van der Waals surface area (Å²) < 4.78 is 0. The quantitative estimate of drug-likeness (QED) is 0.132. The second-order valence-corrected chi connectivity index (χ2v) is 16.2. The number of fused-ring (bicyclic) bond motifs is 13. The van der Waals surface area contributed by atoms with E-state index in [1.54, 1.807) is 0 Å². The number of rotatable bonds is 4. The Kier molecular flexibility index (Phi) is 7.60. The molecule has 0 atom stereocenters. The predicted octanol–water partition coefficient (Wildman–Crippen LogP) is 15.8. The van der Waals surface area contributed by atoms with Crippen molar-refractivity contribution < 1.29 is 0 Å². The SMILES string of the molecule is c1ccc(-c2ccc3ccc4ccc(-c5c6ccccc6c(-c6ccc(-c7nc8c9ccccc9c9ccccc9c8c8ccccc78)cc6)c6ccccc56)nc4c3n2)cc1. The number of nitrogens with zero attached hydrogens (tertiary/aromatic N) is 3. The first kappa shape index (κ1) is 34.6. The largest absolute Gasteiger partial charge is 0.246 e. The Morgan fingerprint density at radius 3 is 1.26 bits per heavy atom. The lowest BCUT2D eigenvalue weighted by Crippen LogP contribution is -1.94. The van der Waals surface area contributed by atoms with Crippen molar-refractivity contribution in [2.45, 2.75) is 0 Å². The van der Waals surface area contributed by atoms with E-state index in [9.17, 15) is 0 Å². The Bertz CT molecular complexity index is 3910. The maximum absolute atomic E-state index is 5.55. The fourth-order valence-corrected chi connectivity index (χ4v) is 10.00. The zero-order valence-corrected chi connectivity index (χ0v) is 33.5. The summed E-state index contributed by atoms with van der Waals surface area (Å²) in [7, 11) is 0. The van der Waals surface area contributed by atoms with E-state index in [0.717, 1.165) is 82.8 Å². The molecule has 0 aliphatic rings. The standard InChI is InChI=1S/C59H35N3/c1-2-14-36(15-3-1)51-34-32-39-30-31-40-33-35-52(61-58(40)57(39)60-51)54-46-21-9-7-19-44(46)53(45-20-8-10-22-47(45)54)37-26-28-38(29-27-37)56-50-25-13-11-23-48(50)55-43-18-6-4-16-41(43)42-17-5-12-24-49(42)59(55)62-56/h1-35H. The normalized spacial score (nSPS) is 11.9. The molecule has 0 saturated heterocycles. The molecule has 0 bridgehead atoms. The highest BCUT2D eigenvalue weighted by molar-refractivity contribution is 6.31. The summed E-state index contributed by atoms with van der Waals surface area (Å²) >= 11 is 0. The maximum atomic E-state index is 5.55. The third kappa shape index (κ3) is 5.22. The fourth-order valence-electron chi connectivity index (χ4n) is 10.00. The van der Waals surface area contributed by atoms with Crippen molar-refractivity contribution in [3.05, 3.63) is 212 Å². The summed E-state index contributed by atoms with van der Waals surface area (Å²) in [6.45, 7) is 0. The van der Waals surface area contributed by atoms with Crippen LogP contribution in [0, 0.1) is 0 Å². The van der Waals surface area contributed by atoms with Crippen molar-refractivity contribution >= 4 is 86.6 Å². The molecule has 0 amide bonds. The van der Waals surface area contributed by atoms with Crippen LogP contribution in [0.1, 0.15) is 0 Å². The molecule has 0 saturated carbocycles. The van der Waals surface area contributed by atoms with Gasteiger partial charge < -0.3 is 0 Å². The summed E-state index contributed by atoms with van der Waals surface area (Å²) in [6.07, 6.45) is 0. The minimum Gasteiger partial charge on any atom is -0.246 e. The molecule has 3 nitrogen and oxygen atoms in total. The van der Waals surface area contributed by atoms with E-state index >= 15 is 0 Å². The second-order valence-electron chi connectivity index (χ2n) is 16.2. The second kappa shape index (κ2) is 13.6. The molecule has 0 fully saturated rings. The summed E-state index contributed by atoms with van der Waals surface area (Å²) in [5.41, 5.74) is 11.4. The Hall–Kier alpha value is -8.27. The van der Waals surface area contributed by atoms with Crippen molar-refractivity contribution in [3.8, 4) is 44.9 Å². The molecule has 3 heteroatoms. The minimum atomic E-state index is 0.904. The van der Waals surface area contributed by atoms with Crippen LogP contribution in [0.5, 0.6) is 0 Å². The van der Waals surface area contributed by atoms with E-state index in [1.165, 1.54) is 48.7 Å². The van der Waals surface area contributed by atoms with Gasteiger partial charge in [-0.1, -0.05) is 200 Å². The van der Waals surface area contributed by atoms with Gasteiger partial charge in [0.15, 0.2) is 0 Å². The molecule has 13 aromatic rings. The number of hydrogen-bond donors (Lipinski definition) is 0. The van der Waals surface area contributed by atoms with Gasteiger partial charge in [0.25, 0.3) is 0 Å². The van der Waals surface area contributed by atoms with Gasteiger partial charge in [-0.15, -0.1) is 0 Å². The van der Waals surface area contributed by atoms with Crippen LogP contribution >= 0.6 is 0 Å². The Balaban J connectivity index is 0.996. The Labute approximate surface area is 357 Å². The Morgan fingerprint density at radius 2 is 0.645 bits per heavy atom. The highest BCUT2D eigenvalue weighted by atomic mass is 14.8. The van der Waals surface area contributed by atoms with Gasteiger partial charge in [-0.3, -0.25) is 0 Å². The molecule has 3 aromatic heterocycles. The first-order chi connectivity index (χ1) is 30.8. The van der Waals surface area contributed by atoms with Crippen LogP contribution in [0.25, 0.3) is 131 Å². The van der Waals surface area contributed by atoms with Crippen LogP contribution in [0.2, 0.25) is 0 Å². The van der Waals surface area contributed by atoms with E-state index in [1.807, 2.05) is 6.07 Å². The molecule has 0 spiro atoms. The first-order valence-electron chi connectivity index (χ1n) is 21.2. The van der Waals surface area contributed by atoms with E-state index < -0.39 is 0 Å². The van der Waals surface area contributed by atoms with Gasteiger partial charge in [-0.05, 0) is 66.3 Å². The lowest BCUT2D eigenvalue weighted by atomic mass is 9.86. The number of pyridine rings is 3. The number of benzene rings is 10. The topological polar surface area (TPSA) is 38.7 Å². The molecule has 13 rings (SSSR count). The van der Waals surface area contributed by atoms with Crippen LogP contribution in [-0.2, 0) is 0 Å². The molecule has 3 heterocycles. The van der Waals surface area contributed by atoms with E-state index in [0.29, 0.717) is 0 Å². The molecule has 0 aliphatic heterocycles. The van der Waals surface area contributed by atoms with Crippen LogP contribution in [0.3, 0.4) is 0 Å². The third-order valence-electron chi connectivity index (χ3n) is 12.8. The molecule has 10 aromatic carbocycles. The van der Waals surface area contributed by atoms with Gasteiger partial charge in [-0.25, -0.2) is 15.0 Å². The van der Waals surface area contributed by atoms with Crippen LogP contribution in [-0.4, -0.2) is 15.0 Å². The zero-order chi connectivity index (χ0) is 40.7. The summed E-state index contributed by atoms with van der Waals surface area (Å²) in [5, 5.41) is 15.3. The predicted molar refractivity (Wildman–Crippen MR) is 262 cm³/mol. The van der Waals surface area contributed by atoms with Gasteiger partial charge in [0.1, 0.15) is 0 Å². The van der Waals surface area contributed by atoms with Crippen molar-refractivity contribution in [2.24, 2.45) is 0 Å². The summed E-state index contributed by atoms with van der Waals surface area (Å²) in [5.74, 6) is 0. The molecule has 286 valence electrons. The highest BCUT2D eigenvalue weighted by Crippen LogP contribution is 2.45. The van der Waals surface area contributed by atoms with E-state index in [-0.39, 0.29) is 0 Å². The smallest absolute Gasteiger partial charge is 0.0972 e. The minimum absolute atomic E-state index is 0.904. The lowest BCUT2D eigenvalue weighted by Gasteiger charge is -2.18. The fraction of sp³-hybridized carbons (Fsp3) is 0. The van der Waals surface area contributed by atoms with Gasteiger partial charge in [0.2, 0.25) is 0 Å². The van der Waals surface area contributed by atoms with Gasteiger partial charge >= 0.3 is 0 Å². The van der Waals surface area contributed by atoms with E-state index in [2.05, 4.69) is 206 Å². The number of hydrogen-bond acceptors (Lipinski definition) is 3. The van der Waals surface area contributed by atoms with Gasteiger partial charge in [-0.2, -0.15) is 0 Å². The molecular weight excluding hydrogens is 751 g/mol. The molecule has 0 radical (unpaired) electrons. The molecule has 0 unspecified atom stereocenters. The first-order valence-corrected chi connectivity index (χ1v) is 21.2. The molecule has 0 N–H and O–H groups in total. The van der Waals surface area contributed by atoms with Gasteiger partial charge in [0.05, 0.1) is 33.6 Å². The molecular formula is C59H35N3. The van der Waals surface area contributed by atoms with Crippen molar-refractivity contribution in [1.29, 1.82) is 0 Å². The van der Waals surface area contributed by atoms with Crippen LogP contribution in [0.15, 0.2) is 212 Å². The molecule has 62 heavy (non-hydrogen) atoms. The third-order valence-corrected chi connectivity index (χ3v) is 12.8. The van der Waals surface area contributed by atoms with Gasteiger partial charge in [0, 0.05) is 43.6 Å². The maximum Gasteiger partial charge on any atom is 0.0972 e. The summed E-state index contributed by atoms with van der Waals surface area (Å²) in [4.78, 5) is 16.2. The highest BCUT2D eigenvalue weighted by Gasteiger charge is 2.20. The van der Waals surface area contributed by atoms with Crippen LogP contribution < -0.4 is 0 Å². The Morgan fingerprint density at radius 1 is 0.226 bits per heavy atom. The van der Waals surface area contributed by atoms with Crippen molar-refractivity contribution in [3.63, 3.8) is 0 Å². The number of aromatic nitrogens is 3.